The van der Waals surface area contributed by atoms with Gasteiger partial charge in [-0.05, 0) is 28.1 Å². The Labute approximate surface area is 120 Å². The van der Waals surface area contributed by atoms with Crippen LogP contribution >= 0.6 is 27.3 Å². The molecule has 2 heterocycles. The van der Waals surface area contributed by atoms with Gasteiger partial charge >= 0.3 is 5.97 Å². The van der Waals surface area contributed by atoms with Gasteiger partial charge in [0, 0.05) is 11.6 Å². The van der Waals surface area contributed by atoms with Gasteiger partial charge in [0.1, 0.15) is 4.60 Å². The minimum Gasteiger partial charge on any atom is -0.481 e. The number of aromatic nitrogens is 2. The van der Waals surface area contributed by atoms with E-state index in [2.05, 4.69) is 31.2 Å². The Balaban J connectivity index is 2.04. The monoisotopic (exact) mass is 341 g/mol. The van der Waals surface area contributed by atoms with Gasteiger partial charge in [-0.1, -0.05) is 0 Å². The van der Waals surface area contributed by atoms with Crippen LogP contribution in [0.3, 0.4) is 0 Å². The lowest BCUT2D eigenvalue weighted by Crippen LogP contribution is -2.12. The van der Waals surface area contributed by atoms with Crippen molar-refractivity contribution >= 4 is 44.3 Å². The summed E-state index contributed by atoms with van der Waals surface area (Å²) in [6.45, 7) is 0. The highest BCUT2D eigenvalue weighted by Gasteiger charge is 2.10. The van der Waals surface area contributed by atoms with Crippen molar-refractivity contribution in [3.8, 4) is 0 Å². The van der Waals surface area contributed by atoms with E-state index >= 15 is 0 Å². The Morgan fingerprint density at radius 1 is 1.42 bits per heavy atom. The van der Waals surface area contributed by atoms with Crippen molar-refractivity contribution in [2.75, 3.05) is 5.32 Å². The van der Waals surface area contributed by atoms with Crippen LogP contribution in [-0.4, -0.2) is 27.0 Å². The van der Waals surface area contributed by atoms with Gasteiger partial charge < -0.3 is 5.11 Å². The predicted octanol–water partition coefficient (Wildman–Crippen LogP) is 2.18. The molecule has 2 aromatic heterocycles. The van der Waals surface area contributed by atoms with E-state index in [1.54, 1.807) is 17.5 Å². The molecule has 0 aliphatic rings. The van der Waals surface area contributed by atoms with E-state index < -0.39 is 5.97 Å². The lowest BCUT2D eigenvalue weighted by Gasteiger charge is -2.00. The molecule has 2 aromatic rings. The molecule has 0 unspecified atom stereocenters. The van der Waals surface area contributed by atoms with Gasteiger partial charge in [-0.15, -0.1) is 11.3 Å². The molecule has 0 saturated heterocycles. The Morgan fingerprint density at radius 2 is 2.21 bits per heavy atom. The summed E-state index contributed by atoms with van der Waals surface area (Å²) in [5.41, 5.74) is 0.819. The van der Waals surface area contributed by atoms with Gasteiger partial charge in [-0.2, -0.15) is 0 Å². The standard InChI is InChI=1S/C11H8BrN3O3S/c12-8-2-1-6(4-13-8)10(18)15-11-14-7(5-19-11)3-9(16)17/h1-2,4-5H,3H2,(H,16,17)(H,14,15,18). The Kier molecular flexibility index (Phi) is 4.23. The fourth-order valence-electron chi connectivity index (χ4n) is 1.28. The zero-order valence-electron chi connectivity index (χ0n) is 9.46. The molecule has 0 fully saturated rings. The van der Waals surface area contributed by atoms with Crippen LogP contribution in [0.4, 0.5) is 5.13 Å². The molecule has 0 bridgehead atoms. The zero-order chi connectivity index (χ0) is 13.8. The molecule has 0 saturated carbocycles. The summed E-state index contributed by atoms with van der Waals surface area (Å²) in [7, 11) is 0. The maximum atomic E-state index is 11.8. The fourth-order valence-corrected chi connectivity index (χ4v) is 2.22. The number of aliphatic carboxylic acids is 1. The van der Waals surface area contributed by atoms with Gasteiger partial charge in [0.25, 0.3) is 5.91 Å². The zero-order valence-corrected chi connectivity index (χ0v) is 11.9. The molecule has 19 heavy (non-hydrogen) atoms. The molecule has 8 heteroatoms. The third-order valence-electron chi connectivity index (χ3n) is 2.09. The molecule has 0 aliphatic carbocycles. The molecular weight excluding hydrogens is 334 g/mol. The molecule has 1 amide bonds. The maximum Gasteiger partial charge on any atom is 0.309 e. The van der Waals surface area contributed by atoms with Crippen molar-refractivity contribution < 1.29 is 14.7 Å². The van der Waals surface area contributed by atoms with Crippen LogP contribution in [0.1, 0.15) is 16.1 Å². The summed E-state index contributed by atoms with van der Waals surface area (Å²) in [6.07, 6.45) is 1.28. The van der Waals surface area contributed by atoms with Gasteiger partial charge in [-0.25, -0.2) is 9.97 Å². The molecule has 0 aliphatic heterocycles. The summed E-state index contributed by atoms with van der Waals surface area (Å²) in [5, 5.41) is 13.2. The van der Waals surface area contributed by atoms with Crippen molar-refractivity contribution in [3.05, 3.63) is 39.6 Å². The number of rotatable bonds is 4. The summed E-state index contributed by atoms with van der Waals surface area (Å²) in [4.78, 5) is 30.3. The topological polar surface area (TPSA) is 92.2 Å². The number of amides is 1. The van der Waals surface area contributed by atoms with E-state index in [-0.39, 0.29) is 12.3 Å². The van der Waals surface area contributed by atoms with Crippen LogP contribution in [0.25, 0.3) is 0 Å². The first-order valence-corrected chi connectivity index (χ1v) is 6.81. The number of hydrogen-bond donors (Lipinski definition) is 2. The van der Waals surface area contributed by atoms with Crippen molar-refractivity contribution in [1.82, 2.24) is 9.97 Å². The van der Waals surface area contributed by atoms with Crippen LogP contribution in [-0.2, 0) is 11.2 Å². The van der Waals surface area contributed by atoms with E-state index in [0.29, 0.717) is 21.0 Å². The van der Waals surface area contributed by atoms with Crippen LogP contribution in [0.15, 0.2) is 28.3 Å². The third kappa shape index (κ3) is 3.83. The first-order chi connectivity index (χ1) is 9.04. The second-order valence-electron chi connectivity index (χ2n) is 3.54. The van der Waals surface area contributed by atoms with Gasteiger partial charge in [0.2, 0.25) is 0 Å². The Hall–Kier alpha value is -1.80. The fraction of sp³-hybridized carbons (Fsp3) is 0.0909. The first kappa shape index (κ1) is 13.6. The quantitative estimate of drug-likeness (QED) is 0.831. The number of halogens is 1. The Bertz CT molecular complexity index is 612. The molecule has 98 valence electrons. The van der Waals surface area contributed by atoms with Gasteiger partial charge in [0.05, 0.1) is 17.7 Å². The van der Waals surface area contributed by atoms with Crippen molar-refractivity contribution in [1.29, 1.82) is 0 Å². The second kappa shape index (κ2) is 5.89. The van der Waals surface area contributed by atoms with Crippen molar-refractivity contribution in [2.24, 2.45) is 0 Å². The minimum atomic E-state index is -0.958. The van der Waals surface area contributed by atoms with Gasteiger partial charge in [-0.3, -0.25) is 14.9 Å². The smallest absolute Gasteiger partial charge is 0.309 e. The number of carboxylic acids is 1. The van der Waals surface area contributed by atoms with E-state index in [1.807, 2.05) is 0 Å². The largest absolute Gasteiger partial charge is 0.481 e. The molecule has 0 spiro atoms. The summed E-state index contributed by atoms with van der Waals surface area (Å²) >= 11 is 4.36. The number of thiazole rings is 1. The summed E-state index contributed by atoms with van der Waals surface area (Å²) in [6, 6.07) is 3.28. The second-order valence-corrected chi connectivity index (χ2v) is 5.21. The van der Waals surface area contributed by atoms with Crippen LogP contribution in [0, 0.1) is 0 Å². The molecule has 0 atom stereocenters. The minimum absolute atomic E-state index is 0.161. The van der Waals surface area contributed by atoms with E-state index in [1.165, 1.54) is 17.5 Å². The number of carbonyl (C=O) groups excluding carboxylic acids is 1. The number of anilines is 1. The van der Waals surface area contributed by atoms with E-state index in [4.69, 9.17) is 5.11 Å². The lowest BCUT2D eigenvalue weighted by atomic mass is 10.3. The summed E-state index contributed by atoms with van der Waals surface area (Å²) < 4.78 is 0.641. The number of pyridine rings is 1. The Morgan fingerprint density at radius 3 is 2.84 bits per heavy atom. The molecule has 6 nitrogen and oxygen atoms in total. The van der Waals surface area contributed by atoms with Crippen molar-refractivity contribution in [3.63, 3.8) is 0 Å². The number of carboxylic acid groups (broad SMARTS) is 1. The molecule has 2 rings (SSSR count). The number of nitrogens with one attached hydrogen (secondary N) is 1. The first-order valence-electron chi connectivity index (χ1n) is 5.13. The van der Waals surface area contributed by atoms with Crippen molar-refractivity contribution in [2.45, 2.75) is 6.42 Å². The van der Waals surface area contributed by atoms with E-state index in [9.17, 15) is 9.59 Å². The third-order valence-corrected chi connectivity index (χ3v) is 3.37. The number of nitrogens with zero attached hydrogens (tertiary/aromatic N) is 2. The highest BCUT2D eigenvalue weighted by atomic mass is 79.9. The molecule has 2 N–H and O–H groups in total. The van der Waals surface area contributed by atoms with E-state index in [0.717, 1.165) is 0 Å². The normalized spacial score (nSPS) is 10.2. The molecular formula is C11H8BrN3O3S. The average Bonchev–Trinajstić information content (AvgIpc) is 2.76. The van der Waals surface area contributed by atoms with Gasteiger partial charge in [0.15, 0.2) is 5.13 Å². The maximum absolute atomic E-state index is 11.8. The molecule has 0 radical (unpaired) electrons. The van der Waals surface area contributed by atoms with Crippen LogP contribution < -0.4 is 5.32 Å². The number of carbonyl (C=O) groups is 2. The predicted molar refractivity (Wildman–Crippen MR) is 73.3 cm³/mol. The summed E-state index contributed by atoms with van der Waals surface area (Å²) in [5.74, 6) is -1.29. The highest BCUT2D eigenvalue weighted by molar-refractivity contribution is 9.10. The van der Waals surface area contributed by atoms with Crippen LogP contribution in [0.2, 0.25) is 0 Å². The number of hydrogen-bond acceptors (Lipinski definition) is 5. The SMILES string of the molecule is O=C(O)Cc1csc(NC(=O)c2ccc(Br)nc2)n1. The highest BCUT2D eigenvalue weighted by Crippen LogP contribution is 2.17. The lowest BCUT2D eigenvalue weighted by molar-refractivity contribution is -0.136. The average molecular weight is 342 g/mol. The van der Waals surface area contributed by atoms with Crippen LogP contribution in [0.5, 0.6) is 0 Å². The molecule has 0 aromatic carbocycles.